The zero-order valence-electron chi connectivity index (χ0n) is 11.7. The highest BCUT2D eigenvalue weighted by atomic mass is 19.4. The maximum atomic E-state index is 12.2. The van der Waals surface area contributed by atoms with Gasteiger partial charge in [-0.3, -0.25) is 14.5 Å². The standard InChI is InChI=1S/C11H18F3N5O3/c12-11(13,14)5-19-2-1-6(4-19)3-17-10(22)18-7(8(15)20)9(16)21/h6-7H,1-5H2,(H2,15,20)(H2,16,21)(H2,17,18,22). The van der Waals surface area contributed by atoms with Crippen LogP contribution in [0.3, 0.4) is 0 Å². The van der Waals surface area contributed by atoms with Gasteiger partial charge in [0.1, 0.15) is 0 Å². The monoisotopic (exact) mass is 325 g/mol. The fourth-order valence-electron chi connectivity index (χ4n) is 2.18. The number of amides is 4. The fourth-order valence-corrected chi connectivity index (χ4v) is 2.18. The number of rotatable bonds is 6. The van der Waals surface area contributed by atoms with Crippen molar-refractivity contribution >= 4 is 17.8 Å². The predicted octanol–water partition coefficient (Wildman–Crippen LogP) is -1.49. The van der Waals surface area contributed by atoms with Gasteiger partial charge in [-0.05, 0) is 18.9 Å². The van der Waals surface area contributed by atoms with Gasteiger partial charge in [-0.25, -0.2) is 4.79 Å². The normalized spacial score (nSPS) is 19.2. The molecule has 6 N–H and O–H groups in total. The Morgan fingerprint density at radius 3 is 2.32 bits per heavy atom. The summed E-state index contributed by atoms with van der Waals surface area (Å²) in [5, 5.41) is 4.37. The lowest BCUT2D eigenvalue weighted by Gasteiger charge is -2.18. The first-order valence-corrected chi connectivity index (χ1v) is 6.50. The summed E-state index contributed by atoms with van der Waals surface area (Å²) in [4.78, 5) is 34.5. The summed E-state index contributed by atoms with van der Waals surface area (Å²) in [6.45, 7) is -0.376. The quantitative estimate of drug-likeness (QED) is 0.443. The molecule has 1 heterocycles. The van der Waals surface area contributed by atoms with Gasteiger partial charge in [-0.2, -0.15) is 13.2 Å². The van der Waals surface area contributed by atoms with Crippen LogP contribution < -0.4 is 22.1 Å². The number of halogens is 3. The van der Waals surface area contributed by atoms with E-state index in [1.54, 1.807) is 0 Å². The molecule has 4 amide bonds. The van der Waals surface area contributed by atoms with Crippen LogP contribution in [0.2, 0.25) is 0 Å². The SMILES string of the molecule is NC(=O)C(NC(=O)NCC1CCN(CC(F)(F)F)C1)C(N)=O. The van der Waals surface area contributed by atoms with Crippen LogP contribution in [-0.2, 0) is 9.59 Å². The summed E-state index contributed by atoms with van der Waals surface area (Å²) in [7, 11) is 0. The van der Waals surface area contributed by atoms with Crippen LogP contribution in [0.4, 0.5) is 18.0 Å². The van der Waals surface area contributed by atoms with Gasteiger partial charge < -0.3 is 22.1 Å². The van der Waals surface area contributed by atoms with Crippen LogP contribution >= 0.6 is 0 Å². The second-order valence-electron chi connectivity index (χ2n) is 5.10. The van der Waals surface area contributed by atoms with Crippen LogP contribution in [-0.4, -0.2) is 61.1 Å². The minimum atomic E-state index is -4.25. The summed E-state index contributed by atoms with van der Waals surface area (Å²) in [5.41, 5.74) is 9.77. The number of urea groups is 1. The molecule has 0 radical (unpaired) electrons. The maximum Gasteiger partial charge on any atom is 0.401 e. The van der Waals surface area contributed by atoms with E-state index >= 15 is 0 Å². The van der Waals surface area contributed by atoms with Crippen molar-refractivity contribution in [2.45, 2.75) is 18.6 Å². The Balaban J connectivity index is 2.33. The van der Waals surface area contributed by atoms with Gasteiger partial charge >= 0.3 is 12.2 Å². The molecular weight excluding hydrogens is 307 g/mol. The lowest BCUT2D eigenvalue weighted by Crippen LogP contribution is -2.55. The molecule has 1 saturated heterocycles. The fraction of sp³-hybridized carbons (Fsp3) is 0.727. The first kappa shape index (κ1) is 18.0. The highest BCUT2D eigenvalue weighted by Gasteiger charge is 2.34. The Bertz CT molecular complexity index is 429. The van der Waals surface area contributed by atoms with Gasteiger partial charge in [-0.15, -0.1) is 0 Å². The van der Waals surface area contributed by atoms with Gasteiger partial charge in [-0.1, -0.05) is 0 Å². The number of hydrogen-bond donors (Lipinski definition) is 4. The molecule has 1 aliphatic heterocycles. The first-order valence-electron chi connectivity index (χ1n) is 6.50. The van der Waals surface area contributed by atoms with Crippen LogP contribution in [0, 0.1) is 5.92 Å². The topological polar surface area (TPSA) is 131 Å². The van der Waals surface area contributed by atoms with E-state index in [-0.39, 0.29) is 19.0 Å². The Hall–Kier alpha value is -2.04. The smallest absolute Gasteiger partial charge is 0.367 e. The zero-order chi connectivity index (χ0) is 16.9. The van der Waals surface area contributed by atoms with E-state index in [1.165, 1.54) is 4.90 Å². The van der Waals surface area contributed by atoms with E-state index in [1.807, 2.05) is 5.32 Å². The summed E-state index contributed by atoms with van der Waals surface area (Å²) in [6.07, 6.45) is -3.75. The van der Waals surface area contributed by atoms with Gasteiger partial charge in [0, 0.05) is 13.1 Å². The number of nitrogens with two attached hydrogens (primary N) is 2. The molecular formula is C11H18F3N5O3. The third-order valence-electron chi connectivity index (χ3n) is 3.17. The number of nitrogens with one attached hydrogen (secondary N) is 2. The molecule has 0 aromatic carbocycles. The summed E-state index contributed by atoms with van der Waals surface area (Å²) in [5.74, 6) is -2.34. The van der Waals surface area contributed by atoms with Crippen molar-refractivity contribution in [1.29, 1.82) is 0 Å². The number of likely N-dealkylation sites (tertiary alicyclic amines) is 1. The van der Waals surface area contributed by atoms with Crippen molar-refractivity contribution in [3.05, 3.63) is 0 Å². The second-order valence-corrected chi connectivity index (χ2v) is 5.10. The molecule has 1 aliphatic rings. The third kappa shape index (κ3) is 6.16. The number of carbonyl (C=O) groups is 3. The number of carbonyl (C=O) groups excluding carboxylic acids is 3. The van der Waals surface area contributed by atoms with Crippen LogP contribution in [0.1, 0.15) is 6.42 Å². The van der Waals surface area contributed by atoms with Gasteiger partial charge in [0.05, 0.1) is 6.54 Å². The molecule has 0 aromatic rings. The molecule has 1 unspecified atom stereocenters. The van der Waals surface area contributed by atoms with Gasteiger partial charge in [0.15, 0.2) is 6.04 Å². The molecule has 1 rings (SSSR count). The van der Waals surface area contributed by atoms with Gasteiger partial charge in [0.25, 0.3) is 0 Å². The van der Waals surface area contributed by atoms with Crippen LogP contribution in [0.15, 0.2) is 0 Å². The number of alkyl halides is 3. The highest BCUT2D eigenvalue weighted by molar-refractivity contribution is 6.05. The summed E-state index contributed by atoms with van der Waals surface area (Å²) < 4.78 is 36.7. The van der Waals surface area contributed by atoms with Crippen LogP contribution in [0.25, 0.3) is 0 Å². The van der Waals surface area contributed by atoms with Crippen molar-refractivity contribution in [3.8, 4) is 0 Å². The van der Waals surface area contributed by atoms with E-state index in [9.17, 15) is 27.6 Å². The van der Waals surface area contributed by atoms with Crippen molar-refractivity contribution in [2.75, 3.05) is 26.2 Å². The van der Waals surface area contributed by atoms with E-state index in [0.29, 0.717) is 13.0 Å². The Kier molecular flexibility index (Phi) is 5.97. The Morgan fingerprint density at radius 1 is 1.23 bits per heavy atom. The molecule has 0 aromatic heterocycles. The Morgan fingerprint density at radius 2 is 1.82 bits per heavy atom. The van der Waals surface area contributed by atoms with Crippen molar-refractivity contribution < 1.29 is 27.6 Å². The number of primary amides is 2. The molecule has 1 atom stereocenters. The molecule has 1 fully saturated rings. The molecule has 11 heteroatoms. The van der Waals surface area contributed by atoms with E-state index in [2.05, 4.69) is 5.32 Å². The second kappa shape index (κ2) is 7.29. The molecule has 8 nitrogen and oxygen atoms in total. The molecule has 22 heavy (non-hydrogen) atoms. The van der Waals surface area contributed by atoms with Gasteiger partial charge in [0.2, 0.25) is 11.8 Å². The minimum Gasteiger partial charge on any atom is -0.367 e. The van der Waals surface area contributed by atoms with E-state index in [4.69, 9.17) is 11.5 Å². The average molecular weight is 325 g/mol. The lowest BCUT2D eigenvalue weighted by atomic mass is 10.1. The largest absolute Gasteiger partial charge is 0.401 e. The minimum absolute atomic E-state index is 0.116. The molecule has 0 bridgehead atoms. The molecule has 126 valence electrons. The van der Waals surface area contributed by atoms with Crippen molar-refractivity contribution in [1.82, 2.24) is 15.5 Å². The Labute approximate surface area is 124 Å². The average Bonchev–Trinajstić information content (AvgIpc) is 2.77. The third-order valence-corrected chi connectivity index (χ3v) is 3.17. The van der Waals surface area contributed by atoms with E-state index < -0.39 is 36.6 Å². The predicted molar refractivity (Wildman–Crippen MR) is 69.3 cm³/mol. The number of nitrogens with zero attached hydrogens (tertiary/aromatic N) is 1. The molecule has 0 spiro atoms. The zero-order valence-corrected chi connectivity index (χ0v) is 11.7. The van der Waals surface area contributed by atoms with E-state index in [0.717, 1.165) is 0 Å². The molecule has 0 aliphatic carbocycles. The first-order chi connectivity index (χ1) is 10.1. The maximum absolute atomic E-state index is 12.2. The lowest BCUT2D eigenvalue weighted by molar-refractivity contribution is -0.143. The van der Waals surface area contributed by atoms with Crippen LogP contribution in [0.5, 0.6) is 0 Å². The summed E-state index contributed by atoms with van der Waals surface area (Å²) in [6, 6.07) is -2.47. The number of hydrogen-bond acceptors (Lipinski definition) is 4. The van der Waals surface area contributed by atoms with Crippen molar-refractivity contribution in [2.24, 2.45) is 17.4 Å². The van der Waals surface area contributed by atoms with Crippen molar-refractivity contribution in [3.63, 3.8) is 0 Å². The highest BCUT2D eigenvalue weighted by Crippen LogP contribution is 2.22. The molecule has 0 saturated carbocycles. The summed E-state index contributed by atoms with van der Waals surface area (Å²) >= 11 is 0.